The molecular formula is C7H9NO2. The van der Waals surface area contributed by atoms with Gasteiger partial charge in [-0.3, -0.25) is 4.79 Å². The summed E-state index contributed by atoms with van der Waals surface area (Å²) in [5.41, 5.74) is 0. The van der Waals surface area contributed by atoms with E-state index in [1.807, 2.05) is 0 Å². The van der Waals surface area contributed by atoms with Gasteiger partial charge in [-0.1, -0.05) is 0 Å². The van der Waals surface area contributed by atoms with Gasteiger partial charge in [0.25, 0.3) is 0 Å². The number of nitrogens with zero attached hydrogens (tertiary/aromatic N) is 1. The number of aldehydes is 1. The van der Waals surface area contributed by atoms with Crippen LogP contribution >= 0.6 is 0 Å². The largest absolute Gasteiger partial charge is 0.335 e. The Labute approximate surface area is 59.0 Å². The number of carbonyl (C=O) groups excluding carboxylic acids is 2. The van der Waals surface area contributed by atoms with E-state index >= 15 is 0 Å². The van der Waals surface area contributed by atoms with Gasteiger partial charge < -0.3 is 9.69 Å². The van der Waals surface area contributed by atoms with E-state index in [-0.39, 0.29) is 6.04 Å². The number of carbonyl (C=O) groups is 2. The van der Waals surface area contributed by atoms with Crippen LogP contribution in [0.5, 0.6) is 0 Å². The molecule has 0 aromatic heterocycles. The fourth-order valence-electron chi connectivity index (χ4n) is 1.83. The molecule has 0 N–H and O–H groups in total. The van der Waals surface area contributed by atoms with Crippen molar-refractivity contribution in [1.29, 1.82) is 0 Å². The van der Waals surface area contributed by atoms with Gasteiger partial charge >= 0.3 is 0 Å². The SMILES string of the molecule is O=C[C@@H]1[C@H]2C[C@H]2CN1C=O. The van der Waals surface area contributed by atoms with Crippen LogP contribution in [0.3, 0.4) is 0 Å². The van der Waals surface area contributed by atoms with Crippen LogP contribution < -0.4 is 0 Å². The van der Waals surface area contributed by atoms with Crippen molar-refractivity contribution < 1.29 is 9.59 Å². The molecule has 0 aromatic rings. The zero-order chi connectivity index (χ0) is 7.14. The highest BCUT2D eigenvalue weighted by molar-refractivity contribution is 5.66. The van der Waals surface area contributed by atoms with Gasteiger partial charge in [0.05, 0.1) is 6.04 Å². The fourth-order valence-corrected chi connectivity index (χ4v) is 1.83. The molecule has 10 heavy (non-hydrogen) atoms. The highest BCUT2D eigenvalue weighted by Crippen LogP contribution is 2.48. The Morgan fingerprint density at radius 1 is 1.40 bits per heavy atom. The Morgan fingerprint density at radius 3 is 2.70 bits per heavy atom. The molecule has 2 fully saturated rings. The maximum Gasteiger partial charge on any atom is 0.210 e. The minimum absolute atomic E-state index is 0.0949. The van der Waals surface area contributed by atoms with Gasteiger partial charge in [-0.2, -0.15) is 0 Å². The standard InChI is InChI=1S/C7H9NO2/c9-3-7-6-1-5(6)2-8(7)4-10/h3-7H,1-2H2/t5-,6-,7+/m0/s1. The van der Waals surface area contributed by atoms with Crippen molar-refractivity contribution in [2.24, 2.45) is 11.8 Å². The van der Waals surface area contributed by atoms with Gasteiger partial charge in [-0.25, -0.2) is 0 Å². The first-order chi connectivity index (χ1) is 4.86. The summed E-state index contributed by atoms with van der Waals surface area (Å²) in [6.45, 7) is 0.803. The lowest BCUT2D eigenvalue weighted by atomic mass is 10.2. The van der Waals surface area contributed by atoms with Crippen molar-refractivity contribution in [3.05, 3.63) is 0 Å². The van der Waals surface area contributed by atoms with Gasteiger partial charge in [-0.15, -0.1) is 0 Å². The highest BCUT2D eigenvalue weighted by Gasteiger charge is 2.52. The predicted octanol–water partition coefficient (Wildman–Crippen LogP) is -0.338. The van der Waals surface area contributed by atoms with E-state index in [4.69, 9.17) is 0 Å². The molecule has 3 heteroatoms. The summed E-state index contributed by atoms with van der Waals surface area (Å²) in [5.74, 6) is 1.14. The van der Waals surface area contributed by atoms with Crippen LogP contribution in [0.1, 0.15) is 6.42 Å². The van der Waals surface area contributed by atoms with Crippen LogP contribution in [0.2, 0.25) is 0 Å². The van der Waals surface area contributed by atoms with Crippen LogP contribution in [-0.4, -0.2) is 30.2 Å². The molecule has 0 spiro atoms. The first-order valence-electron chi connectivity index (χ1n) is 3.53. The molecule has 1 saturated carbocycles. The fraction of sp³-hybridized carbons (Fsp3) is 0.714. The van der Waals surface area contributed by atoms with E-state index in [0.29, 0.717) is 11.8 Å². The van der Waals surface area contributed by atoms with Gasteiger partial charge in [0.1, 0.15) is 6.29 Å². The minimum Gasteiger partial charge on any atom is -0.335 e. The monoisotopic (exact) mass is 139 g/mol. The molecule has 0 unspecified atom stereocenters. The molecule has 0 bridgehead atoms. The van der Waals surface area contributed by atoms with Crippen molar-refractivity contribution in [3.63, 3.8) is 0 Å². The molecule has 1 aliphatic carbocycles. The summed E-state index contributed by atoms with van der Waals surface area (Å²) in [6, 6.07) is -0.0949. The van der Waals surface area contributed by atoms with E-state index in [1.54, 1.807) is 4.90 Å². The van der Waals surface area contributed by atoms with Gasteiger partial charge in [0.15, 0.2) is 0 Å². The third kappa shape index (κ3) is 0.602. The second kappa shape index (κ2) is 1.81. The lowest BCUT2D eigenvalue weighted by molar-refractivity contribution is -0.124. The molecule has 1 heterocycles. The molecule has 2 aliphatic rings. The molecule has 54 valence electrons. The summed E-state index contributed by atoms with van der Waals surface area (Å²) in [6.07, 6.45) is 2.82. The first kappa shape index (κ1) is 5.89. The molecule has 1 aliphatic heterocycles. The number of hydrogen-bond acceptors (Lipinski definition) is 2. The second-order valence-corrected chi connectivity index (χ2v) is 3.09. The second-order valence-electron chi connectivity index (χ2n) is 3.09. The number of likely N-dealkylation sites (tertiary alicyclic amines) is 1. The third-order valence-corrected chi connectivity index (χ3v) is 2.52. The van der Waals surface area contributed by atoms with Crippen molar-refractivity contribution in [3.8, 4) is 0 Å². The molecule has 3 nitrogen and oxygen atoms in total. The smallest absolute Gasteiger partial charge is 0.210 e. The summed E-state index contributed by atoms with van der Waals surface area (Å²) >= 11 is 0. The van der Waals surface area contributed by atoms with Crippen molar-refractivity contribution >= 4 is 12.7 Å². The normalized spacial score (nSPS) is 42.8. The summed E-state index contributed by atoms with van der Waals surface area (Å²) in [7, 11) is 0. The molecule has 0 aromatic carbocycles. The minimum atomic E-state index is -0.0949. The Balaban J connectivity index is 2.11. The van der Waals surface area contributed by atoms with E-state index in [1.165, 1.54) is 0 Å². The molecule has 1 amide bonds. The average molecular weight is 139 g/mol. The zero-order valence-corrected chi connectivity index (χ0v) is 5.56. The van der Waals surface area contributed by atoms with Gasteiger partial charge in [0, 0.05) is 6.54 Å². The van der Waals surface area contributed by atoms with Gasteiger partial charge in [0.2, 0.25) is 6.41 Å². The Morgan fingerprint density at radius 2 is 2.20 bits per heavy atom. The van der Waals surface area contributed by atoms with E-state index < -0.39 is 0 Å². The average Bonchev–Trinajstić information content (AvgIpc) is 2.63. The van der Waals surface area contributed by atoms with E-state index in [9.17, 15) is 9.59 Å². The number of fused-ring (bicyclic) bond motifs is 1. The summed E-state index contributed by atoms with van der Waals surface area (Å²) < 4.78 is 0. The molecule has 3 atom stereocenters. The van der Waals surface area contributed by atoms with Crippen molar-refractivity contribution in [2.45, 2.75) is 12.5 Å². The molecule has 2 rings (SSSR count). The Hall–Kier alpha value is -0.860. The van der Waals surface area contributed by atoms with Crippen LogP contribution in [0, 0.1) is 11.8 Å². The maximum atomic E-state index is 10.4. The van der Waals surface area contributed by atoms with Crippen LogP contribution in [-0.2, 0) is 9.59 Å². The Bertz CT molecular complexity index is 180. The van der Waals surface area contributed by atoms with Crippen LogP contribution in [0.4, 0.5) is 0 Å². The topological polar surface area (TPSA) is 37.4 Å². The molecule has 0 radical (unpaired) electrons. The first-order valence-corrected chi connectivity index (χ1v) is 3.53. The number of piperidine rings is 1. The highest BCUT2D eigenvalue weighted by atomic mass is 16.1. The van der Waals surface area contributed by atoms with E-state index in [2.05, 4.69) is 0 Å². The maximum absolute atomic E-state index is 10.4. The quantitative estimate of drug-likeness (QED) is 0.491. The van der Waals surface area contributed by atoms with Gasteiger partial charge in [-0.05, 0) is 18.3 Å². The number of hydrogen-bond donors (Lipinski definition) is 0. The zero-order valence-electron chi connectivity index (χ0n) is 5.56. The number of rotatable bonds is 2. The van der Waals surface area contributed by atoms with E-state index in [0.717, 1.165) is 25.7 Å². The third-order valence-electron chi connectivity index (χ3n) is 2.52. The lowest BCUT2D eigenvalue weighted by Gasteiger charge is -2.16. The molecule has 1 saturated heterocycles. The van der Waals surface area contributed by atoms with Crippen molar-refractivity contribution in [1.82, 2.24) is 4.90 Å². The summed E-state index contributed by atoms with van der Waals surface area (Å²) in [5, 5.41) is 0. The number of amides is 1. The Kier molecular flexibility index (Phi) is 1.07. The summed E-state index contributed by atoms with van der Waals surface area (Å²) in [4.78, 5) is 22.3. The van der Waals surface area contributed by atoms with Crippen LogP contribution in [0.25, 0.3) is 0 Å². The van der Waals surface area contributed by atoms with Crippen LogP contribution in [0.15, 0.2) is 0 Å². The molecular weight excluding hydrogens is 130 g/mol. The van der Waals surface area contributed by atoms with Crippen molar-refractivity contribution in [2.75, 3.05) is 6.54 Å². The predicted molar refractivity (Wildman–Crippen MR) is 34.2 cm³/mol. The lowest BCUT2D eigenvalue weighted by Crippen LogP contribution is -2.32.